The third-order valence-corrected chi connectivity index (χ3v) is 8.67. The van der Waals surface area contributed by atoms with Gasteiger partial charge in [-0.1, -0.05) is 24.1 Å². The maximum atomic E-state index is 13.0. The van der Waals surface area contributed by atoms with Crippen molar-refractivity contribution in [3.63, 3.8) is 0 Å². The van der Waals surface area contributed by atoms with E-state index in [2.05, 4.69) is 4.72 Å². The molecule has 3 rings (SSSR count). The van der Waals surface area contributed by atoms with Crippen LogP contribution in [0.1, 0.15) is 38.7 Å². The predicted molar refractivity (Wildman–Crippen MR) is 110 cm³/mol. The molecule has 2 atom stereocenters. The lowest BCUT2D eigenvalue weighted by Gasteiger charge is -2.37. The van der Waals surface area contributed by atoms with E-state index in [-0.39, 0.29) is 21.9 Å². The summed E-state index contributed by atoms with van der Waals surface area (Å²) in [5.74, 6) is 0. The minimum atomic E-state index is -3.73. The van der Waals surface area contributed by atoms with Gasteiger partial charge in [0.2, 0.25) is 10.0 Å². The van der Waals surface area contributed by atoms with Gasteiger partial charge < -0.3 is 0 Å². The molecule has 0 spiro atoms. The zero-order valence-electron chi connectivity index (χ0n) is 16.3. The molecule has 2 unspecified atom stereocenters. The lowest BCUT2D eigenvalue weighted by atomic mass is 10.0. The van der Waals surface area contributed by atoms with Gasteiger partial charge in [-0.2, -0.15) is 4.31 Å². The lowest BCUT2D eigenvalue weighted by molar-refractivity contribution is 0.204. The number of hydrogen-bond donors (Lipinski definition) is 1. The molecule has 1 N–H and O–H groups in total. The Hall–Kier alpha value is -1.90. The fourth-order valence-electron chi connectivity index (χ4n) is 3.62. The van der Waals surface area contributed by atoms with Crippen molar-refractivity contribution in [3.8, 4) is 0 Å². The van der Waals surface area contributed by atoms with E-state index in [1.54, 1.807) is 16.4 Å². The summed E-state index contributed by atoms with van der Waals surface area (Å²) in [4.78, 5) is 0.331. The number of sulfonamides is 2. The van der Waals surface area contributed by atoms with Gasteiger partial charge in [0.1, 0.15) is 0 Å². The number of rotatable bonds is 5. The van der Waals surface area contributed by atoms with Crippen LogP contribution in [0.3, 0.4) is 0 Å². The van der Waals surface area contributed by atoms with E-state index >= 15 is 0 Å². The van der Waals surface area contributed by atoms with Gasteiger partial charge in [-0.3, -0.25) is 4.72 Å². The van der Waals surface area contributed by atoms with Crippen LogP contribution in [-0.2, 0) is 20.0 Å². The Balaban J connectivity index is 1.82. The first-order chi connectivity index (χ1) is 13.1. The Morgan fingerprint density at radius 3 is 1.86 bits per heavy atom. The van der Waals surface area contributed by atoms with Crippen LogP contribution in [0.25, 0.3) is 0 Å². The van der Waals surface area contributed by atoms with Crippen LogP contribution in [0.15, 0.2) is 58.3 Å². The van der Waals surface area contributed by atoms with Crippen molar-refractivity contribution in [2.24, 2.45) is 0 Å². The fourth-order valence-corrected chi connectivity index (χ4v) is 6.56. The quantitative estimate of drug-likeness (QED) is 0.795. The third-order valence-electron chi connectivity index (χ3n) is 5.13. The van der Waals surface area contributed by atoms with E-state index in [0.717, 1.165) is 24.8 Å². The SMILES string of the molecule is Cc1ccc(S(=O)(=O)Nc2ccc(S(=O)(=O)N3C(C)CCCC3C)cc2)cc1. The molecule has 0 radical (unpaired) electrons. The molecular weight excluding hydrogens is 396 g/mol. The van der Waals surface area contributed by atoms with Gasteiger partial charge in [0.15, 0.2) is 0 Å². The number of aryl methyl sites for hydroxylation is 1. The van der Waals surface area contributed by atoms with E-state index < -0.39 is 20.0 Å². The molecule has 0 aromatic heterocycles. The van der Waals surface area contributed by atoms with E-state index in [9.17, 15) is 16.8 Å². The zero-order chi connectivity index (χ0) is 20.5. The molecule has 6 nitrogen and oxygen atoms in total. The van der Waals surface area contributed by atoms with Gasteiger partial charge in [-0.05, 0) is 70.0 Å². The number of piperidine rings is 1. The molecule has 2 aromatic carbocycles. The van der Waals surface area contributed by atoms with Crippen LogP contribution in [0, 0.1) is 6.92 Å². The number of anilines is 1. The van der Waals surface area contributed by atoms with E-state index in [1.165, 1.54) is 36.4 Å². The average Bonchev–Trinajstić information content (AvgIpc) is 2.62. The summed E-state index contributed by atoms with van der Waals surface area (Å²) < 4.78 is 55.1. The van der Waals surface area contributed by atoms with Crippen molar-refractivity contribution in [2.75, 3.05) is 4.72 Å². The monoisotopic (exact) mass is 422 g/mol. The van der Waals surface area contributed by atoms with Crippen LogP contribution >= 0.6 is 0 Å². The number of hydrogen-bond acceptors (Lipinski definition) is 4. The maximum absolute atomic E-state index is 13.0. The van der Waals surface area contributed by atoms with Gasteiger partial charge in [0.25, 0.3) is 10.0 Å². The van der Waals surface area contributed by atoms with Gasteiger partial charge in [-0.25, -0.2) is 16.8 Å². The highest BCUT2D eigenvalue weighted by Crippen LogP contribution is 2.30. The van der Waals surface area contributed by atoms with E-state index in [4.69, 9.17) is 0 Å². The third kappa shape index (κ3) is 4.24. The fraction of sp³-hybridized carbons (Fsp3) is 0.400. The van der Waals surface area contributed by atoms with Gasteiger partial charge >= 0.3 is 0 Å². The van der Waals surface area contributed by atoms with Gasteiger partial charge in [-0.15, -0.1) is 0 Å². The molecule has 1 aliphatic rings. The maximum Gasteiger partial charge on any atom is 0.261 e. The largest absolute Gasteiger partial charge is 0.280 e. The van der Waals surface area contributed by atoms with Crippen LogP contribution < -0.4 is 4.72 Å². The van der Waals surface area contributed by atoms with E-state index in [1.807, 2.05) is 20.8 Å². The number of nitrogens with zero attached hydrogens (tertiary/aromatic N) is 1. The summed E-state index contributed by atoms with van der Waals surface area (Å²) in [5, 5.41) is 0. The van der Waals surface area contributed by atoms with Crippen molar-refractivity contribution in [1.82, 2.24) is 4.31 Å². The zero-order valence-corrected chi connectivity index (χ0v) is 17.9. The summed E-state index contributed by atoms with van der Waals surface area (Å²) in [6.45, 7) is 5.74. The highest BCUT2D eigenvalue weighted by Gasteiger charge is 2.35. The molecule has 1 heterocycles. The minimum absolute atomic E-state index is 0.0477. The van der Waals surface area contributed by atoms with Crippen LogP contribution in [0.4, 0.5) is 5.69 Å². The second-order valence-corrected chi connectivity index (χ2v) is 10.9. The Morgan fingerprint density at radius 1 is 0.821 bits per heavy atom. The summed E-state index contributed by atoms with van der Waals surface area (Å²) in [6, 6.07) is 12.3. The normalized spacial score (nSPS) is 21.4. The Bertz CT molecular complexity index is 1020. The van der Waals surface area contributed by atoms with Crippen molar-refractivity contribution in [2.45, 2.75) is 61.9 Å². The standard InChI is InChI=1S/C20H26N2O4S2/c1-15-7-11-19(12-8-15)27(23,24)21-18-9-13-20(14-10-18)28(25,26)22-16(2)5-4-6-17(22)3/h7-14,16-17,21H,4-6H2,1-3H3. The number of nitrogens with one attached hydrogen (secondary N) is 1. The summed E-state index contributed by atoms with van der Waals surface area (Å²) in [7, 11) is -7.35. The predicted octanol–water partition coefficient (Wildman–Crippen LogP) is 3.75. The summed E-state index contributed by atoms with van der Waals surface area (Å²) in [5.41, 5.74) is 1.29. The molecule has 152 valence electrons. The summed E-state index contributed by atoms with van der Waals surface area (Å²) >= 11 is 0. The van der Waals surface area contributed by atoms with E-state index in [0.29, 0.717) is 5.69 Å². The number of benzene rings is 2. The highest BCUT2D eigenvalue weighted by atomic mass is 32.2. The first kappa shape index (κ1) is 20.8. The minimum Gasteiger partial charge on any atom is -0.280 e. The molecule has 1 aliphatic heterocycles. The second-order valence-electron chi connectivity index (χ2n) is 7.41. The second kappa shape index (κ2) is 7.85. The van der Waals surface area contributed by atoms with Gasteiger partial charge in [0, 0.05) is 17.8 Å². The molecule has 28 heavy (non-hydrogen) atoms. The smallest absolute Gasteiger partial charge is 0.261 e. The molecule has 0 bridgehead atoms. The topological polar surface area (TPSA) is 83.5 Å². The molecule has 1 fully saturated rings. The molecule has 0 saturated carbocycles. The molecule has 8 heteroatoms. The van der Waals surface area contributed by atoms with Gasteiger partial charge in [0.05, 0.1) is 9.79 Å². The Labute approximate surface area is 167 Å². The van der Waals surface area contributed by atoms with Crippen LogP contribution in [0.5, 0.6) is 0 Å². The van der Waals surface area contributed by atoms with Crippen molar-refractivity contribution < 1.29 is 16.8 Å². The molecule has 0 amide bonds. The lowest BCUT2D eigenvalue weighted by Crippen LogP contribution is -2.47. The Kier molecular flexibility index (Phi) is 5.84. The molecule has 0 aliphatic carbocycles. The molecular formula is C20H26N2O4S2. The first-order valence-electron chi connectivity index (χ1n) is 9.34. The summed E-state index contributed by atoms with van der Waals surface area (Å²) in [6.07, 6.45) is 2.71. The first-order valence-corrected chi connectivity index (χ1v) is 12.3. The average molecular weight is 423 g/mol. The Morgan fingerprint density at radius 2 is 1.32 bits per heavy atom. The van der Waals surface area contributed by atoms with Crippen molar-refractivity contribution >= 4 is 25.7 Å². The molecule has 1 saturated heterocycles. The van der Waals surface area contributed by atoms with Crippen LogP contribution in [-0.4, -0.2) is 33.2 Å². The molecule has 2 aromatic rings. The van der Waals surface area contributed by atoms with Crippen molar-refractivity contribution in [3.05, 3.63) is 54.1 Å². The van der Waals surface area contributed by atoms with Crippen LogP contribution in [0.2, 0.25) is 0 Å². The van der Waals surface area contributed by atoms with Crippen molar-refractivity contribution in [1.29, 1.82) is 0 Å². The highest BCUT2D eigenvalue weighted by molar-refractivity contribution is 7.92.